The minimum Gasteiger partial charge on any atom is -0.481 e. The quantitative estimate of drug-likeness (QED) is 0.842. The van der Waals surface area contributed by atoms with Crippen molar-refractivity contribution in [1.29, 1.82) is 0 Å². The summed E-state index contributed by atoms with van der Waals surface area (Å²) >= 11 is 1.61. The smallest absolute Gasteiger partial charge is 0.321 e. The molecule has 1 aliphatic heterocycles. The Labute approximate surface area is 128 Å². The van der Waals surface area contributed by atoms with E-state index in [2.05, 4.69) is 5.32 Å². The van der Waals surface area contributed by atoms with Crippen LogP contribution in [0.15, 0.2) is 29.2 Å². The lowest BCUT2D eigenvalue weighted by molar-refractivity contribution is -0.143. The van der Waals surface area contributed by atoms with Crippen molar-refractivity contribution in [2.45, 2.75) is 18.2 Å². The van der Waals surface area contributed by atoms with Gasteiger partial charge in [-0.2, -0.15) is 0 Å². The number of piperidine rings is 1. The Hall–Kier alpha value is -1.69. The number of hydrogen-bond acceptors (Lipinski definition) is 3. The number of carbonyl (C=O) groups excluding carboxylic acids is 1. The maximum absolute atomic E-state index is 12.3. The van der Waals surface area contributed by atoms with Gasteiger partial charge in [-0.05, 0) is 36.8 Å². The lowest BCUT2D eigenvalue weighted by atomic mass is 9.91. The summed E-state index contributed by atoms with van der Waals surface area (Å²) in [5, 5.41) is 12.0. The molecule has 1 aromatic carbocycles. The summed E-state index contributed by atoms with van der Waals surface area (Å²) in [6.45, 7) is 2.84. The van der Waals surface area contributed by atoms with Crippen molar-refractivity contribution in [3.8, 4) is 0 Å². The number of carboxylic acids is 1. The number of benzene rings is 1. The minimum atomic E-state index is -0.830. The monoisotopic (exact) mass is 308 g/mol. The van der Waals surface area contributed by atoms with Crippen LogP contribution in [0.4, 0.5) is 10.5 Å². The van der Waals surface area contributed by atoms with Crippen LogP contribution in [0, 0.1) is 11.8 Å². The first kappa shape index (κ1) is 15.7. The summed E-state index contributed by atoms with van der Waals surface area (Å²) < 4.78 is 0. The largest absolute Gasteiger partial charge is 0.481 e. The second-order valence-electron chi connectivity index (χ2n) is 5.44. The molecule has 1 fully saturated rings. The lowest BCUT2D eigenvalue weighted by Gasteiger charge is -2.34. The van der Waals surface area contributed by atoms with Crippen molar-refractivity contribution < 1.29 is 14.7 Å². The highest BCUT2D eigenvalue weighted by molar-refractivity contribution is 7.98. The average molecular weight is 308 g/mol. The first-order valence-electron chi connectivity index (χ1n) is 6.92. The molecule has 2 rings (SSSR count). The van der Waals surface area contributed by atoms with E-state index in [1.54, 1.807) is 16.7 Å². The number of likely N-dealkylation sites (tertiary alicyclic amines) is 1. The van der Waals surface area contributed by atoms with E-state index in [9.17, 15) is 9.59 Å². The predicted molar refractivity (Wildman–Crippen MR) is 83.7 cm³/mol. The minimum absolute atomic E-state index is 0.197. The fraction of sp³-hybridized carbons (Fsp3) is 0.467. The van der Waals surface area contributed by atoms with Crippen LogP contribution in [-0.2, 0) is 4.79 Å². The number of thioether (sulfide) groups is 1. The van der Waals surface area contributed by atoms with E-state index >= 15 is 0 Å². The Morgan fingerprint density at radius 1 is 1.38 bits per heavy atom. The fourth-order valence-electron chi connectivity index (χ4n) is 2.60. The van der Waals surface area contributed by atoms with Gasteiger partial charge in [-0.25, -0.2) is 4.79 Å². The molecule has 1 saturated heterocycles. The third-order valence-electron chi connectivity index (χ3n) is 3.62. The van der Waals surface area contributed by atoms with Gasteiger partial charge < -0.3 is 15.3 Å². The molecule has 0 bridgehead atoms. The number of carbonyl (C=O) groups is 2. The second-order valence-corrected chi connectivity index (χ2v) is 6.32. The summed E-state index contributed by atoms with van der Waals surface area (Å²) in [5.74, 6) is -1.11. The van der Waals surface area contributed by atoms with Crippen molar-refractivity contribution in [3.05, 3.63) is 24.3 Å². The van der Waals surface area contributed by atoms with Crippen LogP contribution in [0.2, 0.25) is 0 Å². The van der Waals surface area contributed by atoms with E-state index in [1.165, 1.54) is 0 Å². The molecule has 5 nitrogen and oxygen atoms in total. The molecule has 2 amide bonds. The molecular weight excluding hydrogens is 288 g/mol. The third-order valence-corrected chi connectivity index (χ3v) is 4.34. The van der Waals surface area contributed by atoms with Gasteiger partial charge in [0.1, 0.15) is 0 Å². The maximum Gasteiger partial charge on any atom is 0.321 e. The standard InChI is InChI=1S/C15H20N2O3S/c1-10-6-11(14(18)19)9-17(8-10)15(20)16-12-4-3-5-13(7-12)21-2/h3-5,7,10-11H,6,8-9H2,1-2H3,(H,16,20)(H,18,19). The molecule has 0 spiro atoms. The van der Waals surface area contributed by atoms with Gasteiger partial charge in [0.05, 0.1) is 5.92 Å². The Balaban J connectivity index is 2.03. The SMILES string of the molecule is CSc1cccc(NC(=O)N2CC(C)CC(C(=O)O)C2)c1. The highest BCUT2D eigenvalue weighted by Crippen LogP contribution is 2.23. The summed E-state index contributed by atoms with van der Waals surface area (Å²) in [4.78, 5) is 26.1. The van der Waals surface area contributed by atoms with Gasteiger partial charge in [-0.15, -0.1) is 11.8 Å². The summed E-state index contributed by atoms with van der Waals surface area (Å²) in [5.41, 5.74) is 0.733. The van der Waals surface area contributed by atoms with E-state index in [4.69, 9.17) is 5.11 Å². The summed E-state index contributed by atoms with van der Waals surface area (Å²) in [6, 6.07) is 7.38. The number of aliphatic carboxylic acids is 1. The van der Waals surface area contributed by atoms with E-state index in [-0.39, 0.29) is 18.5 Å². The average Bonchev–Trinajstić information content (AvgIpc) is 2.46. The molecule has 2 N–H and O–H groups in total. The topological polar surface area (TPSA) is 69.6 Å². The normalized spacial score (nSPS) is 21.9. The highest BCUT2D eigenvalue weighted by atomic mass is 32.2. The maximum atomic E-state index is 12.3. The van der Waals surface area contributed by atoms with Crippen LogP contribution < -0.4 is 5.32 Å². The molecule has 1 aliphatic rings. The number of rotatable bonds is 3. The van der Waals surface area contributed by atoms with Crippen LogP contribution in [0.3, 0.4) is 0 Å². The fourth-order valence-corrected chi connectivity index (χ4v) is 3.06. The molecule has 1 aromatic rings. The number of anilines is 1. The second kappa shape index (κ2) is 6.85. The van der Waals surface area contributed by atoms with Gasteiger partial charge in [0.15, 0.2) is 0 Å². The van der Waals surface area contributed by atoms with E-state index < -0.39 is 11.9 Å². The van der Waals surface area contributed by atoms with Crippen molar-refractivity contribution in [2.24, 2.45) is 11.8 Å². The van der Waals surface area contributed by atoms with E-state index in [0.29, 0.717) is 13.0 Å². The van der Waals surface area contributed by atoms with Crippen LogP contribution >= 0.6 is 11.8 Å². The van der Waals surface area contributed by atoms with Crippen LogP contribution in [-0.4, -0.2) is 41.4 Å². The number of nitrogens with one attached hydrogen (secondary N) is 1. The van der Waals surface area contributed by atoms with Gasteiger partial charge in [-0.1, -0.05) is 13.0 Å². The molecule has 0 aliphatic carbocycles. The Morgan fingerprint density at radius 2 is 2.14 bits per heavy atom. The first-order chi connectivity index (χ1) is 9.99. The first-order valence-corrected chi connectivity index (χ1v) is 8.15. The van der Waals surface area contributed by atoms with Gasteiger partial charge in [0, 0.05) is 23.7 Å². The van der Waals surface area contributed by atoms with Crippen LogP contribution in [0.1, 0.15) is 13.3 Å². The zero-order valence-electron chi connectivity index (χ0n) is 12.2. The van der Waals surface area contributed by atoms with Crippen molar-refractivity contribution in [3.63, 3.8) is 0 Å². The van der Waals surface area contributed by atoms with Crippen LogP contribution in [0.5, 0.6) is 0 Å². The highest BCUT2D eigenvalue weighted by Gasteiger charge is 2.31. The molecule has 0 radical (unpaired) electrons. The van der Waals surface area contributed by atoms with E-state index in [1.807, 2.05) is 37.4 Å². The van der Waals surface area contributed by atoms with Gasteiger partial charge in [0.25, 0.3) is 0 Å². The van der Waals surface area contributed by atoms with Gasteiger partial charge in [-0.3, -0.25) is 4.79 Å². The molecule has 114 valence electrons. The number of amides is 2. The third kappa shape index (κ3) is 4.14. The molecule has 2 atom stereocenters. The molecule has 1 heterocycles. The van der Waals surface area contributed by atoms with Crippen LogP contribution in [0.25, 0.3) is 0 Å². The zero-order chi connectivity index (χ0) is 15.4. The van der Waals surface area contributed by atoms with Crippen molar-refractivity contribution in [1.82, 2.24) is 4.90 Å². The number of hydrogen-bond donors (Lipinski definition) is 2. The molecule has 2 unspecified atom stereocenters. The molecular formula is C15H20N2O3S. The Morgan fingerprint density at radius 3 is 2.81 bits per heavy atom. The van der Waals surface area contributed by atoms with Crippen molar-refractivity contribution >= 4 is 29.4 Å². The van der Waals surface area contributed by atoms with Crippen molar-refractivity contribution in [2.75, 3.05) is 24.7 Å². The molecule has 21 heavy (non-hydrogen) atoms. The zero-order valence-corrected chi connectivity index (χ0v) is 13.0. The number of urea groups is 1. The molecule has 6 heteroatoms. The molecule has 0 aromatic heterocycles. The number of nitrogens with zero attached hydrogens (tertiary/aromatic N) is 1. The Bertz CT molecular complexity index is 535. The predicted octanol–water partition coefficient (Wildman–Crippen LogP) is 2.98. The Kier molecular flexibility index (Phi) is 5.12. The summed E-state index contributed by atoms with van der Waals surface area (Å²) in [7, 11) is 0. The van der Waals surface area contributed by atoms with E-state index in [0.717, 1.165) is 10.6 Å². The van der Waals surface area contributed by atoms with Gasteiger partial charge >= 0.3 is 12.0 Å². The van der Waals surface area contributed by atoms with Gasteiger partial charge in [0.2, 0.25) is 0 Å². The lowest BCUT2D eigenvalue weighted by Crippen LogP contribution is -2.47. The number of carboxylic acid groups (broad SMARTS) is 1. The summed E-state index contributed by atoms with van der Waals surface area (Å²) in [6.07, 6.45) is 2.60. The molecule has 0 saturated carbocycles.